The Balaban J connectivity index is 2.84. The second-order valence-corrected chi connectivity index (χ2v) is 5.25. The zero-order valence-electron chi connectivity index (χ0n) is 12.6. The quantitative estimate of drug-likeness (QED) is 0.473. The van der Waals surface area contributed by atoms with E-state index < -0.39 is 16.6 Å². The summed E-state index contributed by atoms with van der Waals surface area (Å²) in [5.74, 6) is -1.32. The van der Waals surface area contributed by atoms with E-state index >= 15 is 0 Å². The highest BCUT2D eigenvalue weighted by atomic mass is 19.1. The van der Waals surface area contributed by atoms with E-state index in [9.17, 15) is 19.3 Å². The molecule has 1 aromatic rings. The molecule has 0 spiro atoms. The van der Waals surface area contributed by atoms with Gasteiger partial charge in [-0.25, -0.2) is 4.39 Å². The van der Waals surface area contributed by atoms with Crippen LogP contribution in [-0.2, 0) is 0 Å². The number of carbonyl (C=O) groups is 1. The Kier molecular flexibility index (Phi) is 6.27. The van der Waals surface area contributed by atoms with Gasteiger partial charge in [-0.3, -0.25) is 14.9 Å². The van der Waals surface area contributed by atoms with Crippen LogP contribution in [0.4, 0.5) is 10.1 Å². The lowest BCUT2D eigenvalue weighted by Gasteiger charge is -2.14. The Morgan fingerprint density at radius 1 is 1.43 bits per heavy atom. The minimum Gasteiger partial charge on any atom is -0.349 e. The Morgan fingerprint density at radius 3 is 2.67 bits per heavy atom. The first-order valence-electron chi connectivity index (χ1n) is 7.12. The van der Waals surface area contributed by atoms with E-state index in [1.165, 1.54) is 6.92 Å². The van der Waals surface area contributed by atoms with Gasteiger partial charge in [0.15, 0.2) is 0 Å². The van der Waals surface area contributed by atoms with Crippen molar-refractivity contribution in [2.75, 3.05) is 0 Å². The van der Waals surface area contributed by atoms with Crippen molar-refractivity contribution in [3.63, 3.8) is 0 Å². The van der Waals surface area contributed by atoms with Crippen LogP contribution >= 0.6 is 0 Å². The molecule has 1 N–H and O–H groups in total. The summed E-state index contributed by atoms with van der Waals surface area (Å²) in [6.45, 7) is 5.34. The maximum absolute atomic E-state index is 14.0. The summed E-state index contributed by atoms with van der Waals surface area (Å²) in [5, 5.41) is 13.5. The molecule has 0 radical (unpaired) electrons. The van der Waals surface area contributed by atoms with Gasteiger partial charge in [0.1, 0.15) is 5.82 Å². The fourth-order valence-corrected chi connectivity index (χ4v) is 2.10. The fourth-order valence-electron chi connectivity index (χ4n) is 2.10. The number of nitro groups is 1. The molecular formula is C15H21FN2O3. The maximum Gasteiger partial charge on any atom is 0.270 e. The van der Waals surface area contributed by atoms with E-state index in [0.29, 0.717) is 0 Å². The van der Waals surface area contributed by atoms with Crippen LogP contribution in [0.3, 0.4) is 0 Å². The topological polar surface area (TPSA) is 72.2 Å². The predicted octanol–water partition coefficient (Wildman–Crippen LogP) is 3.74. The zero-order valence-corrected chi connectivity index (χ0v) is 12.6. The van der Waals surface area contributed by atoms with E-state index in [1.54, 1.807) is 0 Å². The monoisotopic (exact) mass is 296 g/mol. The average Bonchev–Trinajstić information content (AvgIpc) is 2.41. The van der Waals surface area contributed by atoms with E-state index in [1.807, 2.05) is 6.92 Å². The molecule has 5 nitrogen and oxygen atoms in total. The number of benzene rings is 1. The summed E-state index contributed by atoms with van der Waals surface area (Å²) in [6, 6.07) is 2.01. The standard InChI is InChI=1S/C15H21FN2O3/c1-4-5-6-7-11(3)17-15(19)13-9-12(18(20)21)8-10(2)14(13)16/h8-9,11H,4-7H2,1-3H3,(H,17,19). The highest BCUT2D eigenvalue weighted by Gasteiger charge is 2.20. The van der Waals surface area contributed by atoms with E-state index in [2.05, 4.69) is 12.2 Å². The number of nitro benzene ring substituents is 1. The number of aryl methyl sites for hydroxylation is 1. The second-order valence-electron chi connectivity index (χ2n) is 5.25. The van der Waals surface area contributed by atoms with Gasteiger partial charge in [0.05, 0.1) is 10.5 Å². The van der Waals surface area contributed by atoms with E-state index in [0.717, 1.165) is 37.8 Å². The molecule has 0 bridgehead atoms. The summed E-state index contributed by atoms with van der Waals surface area (Å²) >= 11 is 0. The number of rotatable bonds is 7. The molecule has 0 aliphatic rings. The Morgan fingerprint density at radius 2 is 2.10 bits per heavy atom. The van der Waals surface area contributed by atoms with Gasteiger partial charge in [0, 0.05) is 18.2 Å². The molecule has 0 aromatic heterocycles. The maximum atomic E-state index is 14.0. The minimum absolute atomic E-state index is 0.0907. The summed E-state index contributed by atoms with van der Waals surface area (Å²) in [5.41, 5.74) is -0.463. The number of halogens is 1. The van der Waals surface area contributed by atoms with Crippen molar-refractivity contribution in [3.05, 3.63) is 39.2 Å². The van der Waals surface area contributed by atoms with Gasteiger partial charge >= 0.3 is 0 Å². The molecule has 0 aliphatic heterocycles. The molecule has 1 aromatic carbocycles. The summed E-state index contributed by atoms with van der Waals surface area (Å²) in [4.78, 5) is 22.2. The number of non-ortho nitro benzene ring substituents is 1. The normalized spacial score (nSPS) is 12.0. The molecule has 0 aliphatic carbocycles. The van der Waals surface area contributed by atoms with Crippen LogP contribution < -0.4 is 5.32 Å². The lowest BCUT2D eigenvalue weighted by atomic mass is 10.1. The lowest BCUT2D eigenvalue weighted by molar-refractivity contribution is -0.385. The average molecular weight is 296 g/mol. The highest BCUT2D eigenvalue weighted by molar-refractivity contribution is 5.95. The summed E-state index contributed by atoms with van der Waals surface area (Å²) < 4.78 is 14.0. The molecule has 1 amide bonds. The number of carbonyl (C=O) groups excluding carboxylic acids is 1. The number of unbranched alkanes of at least 4 members (excludes halogenated alkanes) is 2. The smallest absolute Gasteiger partial charge is 0.270 e. The third-order valence-corrected chi connectivity index (χ3v) is 3.31. The van der Waals surface area contributed by atoms with Gasteiger partial charge in [0.2, 0.25) is 0 Å². The van der Waals surface area contributed by atoms with Gasteiger partial charge in [0.25, 0.3) is 11.6 Å². The highest BCUT2D eigenvalue weighted by Crippen LogP contribution is 2.21. The van der Waals surface area contributed by atoms with Crippen molar-refractivity contribution < 1.29 is 14.1 Å². The number of amides is 1. The van der Waals surface area contributed by atoms with Crippen LogP contribution in [-0.4, -0.2) is 16.9 Å². The van der Waals surface area contributed by atoms with E-state index in [-0.39, 0.29) is 22.9 Å². The minimum atomic E-state index is -0.709. The van der Waals surface area contributed by atoms with E-state index in [4.69, 9.17) is 0 Å². The van der Waals surface area contributed by atoms with Crippen LogP contribution in [0.5, 0.6) is 0 Å². The van der Waals surface area contributed by atoms with Crippen molar-refractivity contribution in [1.29, 1.82) is 0 Å². The number of nitrogens with zero attached hydrogens (tertiary/aromatic N) is 1. The molecule has 0 saturated carbocycles. The first-order chi connectivity index (χ1) is 9.86. The van der Waals surface area contributed by atoms with Crippen LogP contribution in [0.2, 0.25) is 0 Å². The molecule has 1 atom stereocenters. The summed E-state index contributed by atoms with van der Waals surface area (Å²) in [7, 11) is 0. The first-order valence-corrected chi connectivity index (χ1v) is 7.12. The van der Waals surface area contributed by atoms with Crippen LogP contribution in [0.15, 0.2) is 12.1 Å². The molecule has 0 saturated heterocycles. The van der Waals surface area contributed by atoms with Crippen molar-refractivity contribution in [2.24, 2.45) is 0 Å². The van der Waals surface area contributed by atoms with Gasteiger partial charge in [-0.1, -0.05) is 26.2 Å². The van der Waals surface area contributed by atoms with Gasteiger partial charge < -0.3 is 5.32 Å². The first kappa shape index (κ1) is 17.1. The van der Waals surface area contributed by atoms with Crippen LogP contribution in [0, 0.1) is 22.9 Å². The number of nitrogens with one attached hydrogen (secondary N) is 1. The second kappa shape index (κ2) is 7.71. The van der Waals surface area contributed by atoms with Crippen LogP contribution in [0.25, 0.3) is 0 Å². The number of hydrogen-bond donors (Lipinski definition) is 1. The van der Waals surface area contributed by atoms with Crippen molar-refractivity contribution in [3.8, 4) is 0 Å². The van der Waals surface area contributed by atoms with Crippen LogP contribution in [0.1, 0.15) is 55.5 Å². The molecule has 6 heteroatoms. The molecule has 1 unspecified atom stereocenters. The SMILES string of the molecule is CCCCCC(C)NC(=O)c1cc([N+](=O)[O-])cc(C)c1F. The van der Waals surface area contributed by atoms with Gasteiger partial charge in [-0.15, -0.1) is 0 Å². The Hall–Kier alpha value is -1.98. The Labute approximate surface area is 123 Å². The lowest BCUT2D eigenvalue weighted by Crippen LogP contribution is -2.33. The summed E-state index contributed by atoms with van der Waals surface area (Å²) in [6.07, 6.45) is 3.94. The van der Waals surface area contributed by atoms with Crippen molar-refractivity contribution >= 4 is 11.6 Å². The number of hydrogen-bond acceptors (Lipinski definition) is 3. The molecule has 0 fully saturated rings. The molecule has 1 rings (SSSR count). The third kappa shape index (κ3) is 4.81. The predicted molar refractivity (Wildman–Crippen MR) is 78.9 cm³/mol. The van der Waals surface area contributed by atoms with Gasteiger partial charge in [-0.05, 0) is 25.8 Å². The third-order valence-electron chi connectivity index (χ3n) is 3.31. The molecule has 21 heavy (non-hydrogen) atoms. The van der Waals surface area contributed by atoms with Crippen molar-refractivity contribution in [1.82, 2.24) is 5.32 Å². The fraction of sp³-hybridized carbons (Fsp3) is 0.533. The Bertz CT molecular complexity index is 532. The van der Waals surface area contributed by atoms with Crippen molar-refractivity contribution in [2.45, 2.75) is 52.5 Å². The molecular weight excluding hydrogens is 275 g/mol. The molecule has 116 valence electrons. The zero-order chi connectivity index (χ0) is 16.0. The van der Waals surface area contributed by atoms with Gasteiger partial charge in [-0.2, -0.15) is 0 Å². The largest absolute Gasteiger partial charge is 0.349 e. The molecule has 0 heterocycles.